The molecule has 2 atom stereocenters. The van der Waals surface area contributed by atoms with Gasteiger partial charge in [-0.05, 0) is 52.3 Å². The van der Waals surface area contributed by atoms with Crippen LogP contribution in [0.1, 0.15) is 46.2 Å². The number of halogens is 2. The summed E-state index contributed by atoms with van der Waals surface area (Å²) in [5, 5.41) is 6.63. The van der Waals surface area contributed by atoms with Crippen molar-refractivity contribution >= 4 is 41.2 Å². The van der Waals surface area contributed by atoms with E-state index in [4.69, 9.17) is 27.9 Å². The van der Waals surface area contributed by atoms with E-state index in [2.05, 4.69) is 22.1 Å². The average molecular weight is 567 g/mol. The minimum absolute atomic E-state index is 0.0751. The molecular weight excluding hydrogens is 529 g/mol. The fourth-order valence-electron chi connectivity index (χ4n) is 4.67. The average Bonchev–Trinajstić information content (AvgIpc) is 2.82. The zero-order valence-corrected chi connectivity index (χ0v) is 24.2. The first kappa shape index (κ1) is 29.8. The first-order valence-electron chi connectivity index (χ1n) is 12.7. The first-order chi connectivity index (χ1) is 17.9. The number of urea groups is 2. The van der Waals surface area contributed by atoms with E-state index >= 15 is 0 Å². The molecule has 9 nitrogen and oxygen atoms in total. The second-order valence-corrected chi connectivity index (χ2v) is 11.3. The third-order valence-electron chi connectivity index (χ3n) is 6.35. The number of esters is 1. The second kappa shape index (κ2) is 12.4. The molecule has 4 amide bonds. The van der Waals surface area contributed by atoms with Crippen molar-refractivity contribution in [2.75, 3.05) is 39.3 Å². The summed E-state index contributed by atoms with van der Waals surface area (Å²) in [6, 6.07) is 3.68. The summed E-state index contributed by atoms with van der Waals surface area (Å²) >= 11 is 12.4. The highest BCUT2D eigenvalue weighted by atomic mass is 35.5. The Morgan fingerprint density at radius 2 is 1.95 bits per heavy atom. The summed E-state index contributed by atoms with van der Waals surface area (Å²) in [7, 11) is 0. The molecule has 1 aromatic carbocycles. The van der Waals surface area contributed by atoms with E-state index in [1.54, 1.807) is 31.2 Å². The SMILES string of the molecule is C=CCN1C(=O)N[C@@H](c2ccc(Cl)c(Cl)c2)C(C(=O)OCC)=C1CN1CCN(C(=O)NC(C)(C)C)[C@@H](C)C1. The number of carbonyl (C=O) groups is 3. The number of nitrogens with one attached hydrogen (secondary N) is 2. The fraction of sp³-hybridized carbons (Fsp3) is 0.519. The van der Waals surface area contributed by atoms with Crippen LogP contribution in [0.15, 0.2) is 42.1 Å². The van der Waals surface area contributed by atoms with Gasteiger partial charge >= 0.3 is 18.0 Å². The van der Waals surface area contributed by atoms with Crippen LogP contribution in [0, 0.1) is 0 Å². The number of amides is 4. The lowest BCUT2D eigenvalue weighted by molar-refractivity contribution is -0.139. The summed E-state index contributed by atoms with van der Waals surface area (Å²) in [4.78, 5) is 44.9. The van der Waals surface area contributed by atoms with Crippen LogP contribution in [-0.4, -0.2) is 83.6 Å². The first-order valence-corrected chi connectivity index (χ1v) is 13.5. The van der Waals surface area contributed by atoms with Gasteiger partial charge in [0.25, 0.3) is 0 Å². The Labute approximate surface area is 234 Å². The molecule has 38 heavy (non-hydrogen) atoms. The molecule has 3 rings (SSSR count). The van der Waals surface area contributed by atoms with Gasteiger partial charge in [0.1, 0.15) is 0 Å². The molecule has 0 bridgehead atoms. The molecule has 0 radical (unpaired) electrons. The lowest BCUT2D eigenvalue weighted by Gasteiger charge is -2.43. The summed E-state index contributed by atoms with van der Waals surface area (Å²) < 4.78 is 5.44. The summed E-state index contributed by atoms with van der Waals surface area (Å²) in [6.45, 7) is 15.7. The van der Waals surface area contributed by atoms with Crippen molar-refractivity contribution in [3.63, 3.8) is 0 Å². The van der Waals surface area contributed by atoms with Gasteiger partial charge in [0, 0.05) is 50.0 Å². The van der Waals surface area contributed by atoms with Crippen molar-refractivity contribution in [1.82, 2.24) is 25.3 Å². The molecule has 2 aliphatic rings. The highest BCUT2D eigenvalue weighted by Crippen LogP contribution is 2.35. The van der Waals surface area contributed by atoms with E-state index in [0.29, 0.717) is 53.1 Å². The molecule has 0 saturated carbocycles. The monoisotopic (exact) mass is 565 g/mol. The molecule has 0 spiro atoms. The van der Waals surface area contributed by atoms with E-state index in [0.717, 1.165) is 0 Å². The Morgan fingerprint density at radius 3 is 2.53 bits per heavy atom. The predicted octanol–water partition coefficient (Wildman–Crippen LogP) is 4.58. The zero-order chi connectivity index (χ0) is 28.2. The van der Waals surface area contributed by atoms with Gasteiger partial charge in [0.15, 0.2) is 0 Å². The van der Waals surface area contributed by atoms with Crippen LogP contribution in [0.25, 0.3) is 0 Å². The van der Waals surface area contributed by atoms with Gasteiger partial charge < -0.3 is 20.3 Å². The molecule has 0 aromatic heterocycles. The van der Waals surface area contributed by atoms with Crippen molar-refractivity contribution in [3.8, 4) is 0 Å². The van der Waals surface area contributed by atoms with Gasteiger partial charge in [-0.15, -0.1) is 6.58 Å². The van der Waals surface area contributed by atoms with Crippen molar-refractivity contribution in [2.24, 2.45) is 0 Å². The maximum absolute atomic E-state index is 13.4. The second-order valence-electron chi connectivity index (χ2n) is 10.5. The molecule has 1 saturated heterocycles. The lowest BCUT2D eigenvalue weighted by Crippen LogP contribution is -2.59. The molecule has 1 aromatic rings. The van der Waals surface area contributed by atoms with E-state index in [-0.39, 0.29) is 36.8 Å². The highest BCUT2D eigenvalue weighted by molar-refractivity contribution is 6.42. The van der Waals surface area contributed by atoms with Crippen molar-refractivity contribution in [2.45, 2.75) is 52.2 Å². The summed E-state index contributed by atoms with van der Waals surface area (Å²) in [5.41, 5.74) is 1.13. The Hall–Kier alpha value is -2.75. The lowest BCUT2D eigenvalue weighted by atomic mass is 9.94. The number of carbonyl (C=O) groups excluding carboxylic acids is 3. The molecular formula is C27H37Cl2N5O4. The van der Waals surface area contributed by atoms with Gasteiger partial charge in [-0.3, -0.25) is 9.80 Å². The van der Waals surface area contributed by atoms with Gasteiger partial charge in [-0.1, -0.05) is 35.3 Å². The van der Waals surface area contributed by atoms with Crippen LogP contribution in [0.4, 0.5) is 9.59 Å². The van der Waals surface area contributed by atoms with Crippen LogP contribution in [-0.2, 0) is 9.53 Å². The van der Waals surface area contributed by atoms with E-state index in [1.807, 2.05) is 32.6 Å². The molecule has 0 aliphatic carbocycles. The molecule has 2 N–H and O–H groups in total. The molecule has 1 fully saturated rings. The van der Waals surface area contributed by atoms with E-state index in [9.17, 15) is 14.4 Å². The quantitative estimate of drug-likeness (QED) is 0.373. The van der Waals surface area contributed by atoms with Crippen LogP contribution in [0.3, 0.4) is 0 Å². The van der Waals surface area contributed by atoms with Gasteiger partial charge in [-0.2, -0.15) is 0 Å². The van der Waals surface area contributed by atoms with E-state index < -0.39 is 12.0 Å². The number of ether oxygens (including phenoxy) is 1. The molecule has 208 valence electrons. The highest BCUT2D eigenvalue weighted by Gasteiger charge is 2.39. The van der Waals surface area contributed by atoms with Gasteiger partial charge in [0.05, 0.1) is 28.3 Å². The topological polar surface area (TPSA) is 94.2 Å². The largest absolute Gasteiger partial charge is 0.463 e. The normalized spacial score (nSPS) is 20.8. The maximum atomic E-state index is 13.4. The zero-order valence-electron chi connectivity index (χ0n) is 22.6. The van der Waals surface area contributed by atoms with Crippen molar-refractivity contribution in [3.05, 3.63) is 57.7 Å². The van der Waals surface area contributed by atoms with Crippen LogP contribution in [0.2, 0.25) is 10.0 Å². The minimum atomic E-state index is -0.774. The molecule has 2 heterocycles. The molecule has 0 unspecified atom stereocenters. The predicted molar refractivity (Wildman–Crippen MR) is 149 cm³/mol. The summed E-state index contributed by atoms with van der Waals surface area (Å²) in [5.74, 6) is -0.524. The smallest absolute Gasteiger partial charge is 0.338 e. The van der Waals surface area contributed by atoms with Crippen molar-refractivity contribution < 1.29 is 19.1 Å². The number of rotatable bonds is 7. The Bertz CT molecular complexity index is 1120. The number of hydrogen-bond acceptors (Lipinski definition) is 5. The summed E-state index contributed by atoms with van der Waals surface area (Å²) in [6.07, 6.45) is 1.61. The Balaban J connectivity index is 1.98. The number of nitrogens with zero attached hydrogens (tertiary/aromatic N) is 3. The van der Waals surface area contributed by atoms with Gasteiger partial charge in [-0.25, -0.2) is 14.4 Å². The minimum Gasteiger partial charge on any atom is -0.463 e. The van der Waals surface area contributed by atoms with Crippen LogP contribution < -0.4 is 10.6 Å². The maximum Gasteiger partial charge on any atom is 0.338 e. The van der Waals surface area contributed by atoms with Crippen LogP contribution in [0.5, 0.6) is 0 Å². The van der Waals surface area contributed by atoms with Crippen LogP contribution >= 0.6 is 23.2 Å². The standard InChI is InChI=1S/C27H37Cl2N5O4/c1-7-11-34-21(16-32-12-13-33(17(3)15-32)26(37)31-27(4,5)6)22(24(35)38-8-2)23(30-25(34)36)18-9-10-19(28)20(29)14-18/h7,9-10,14,17,23H,1,8,11-13,15-16H2,2-6H3,(H,30,36)(H,31,37)/t17-,23-/m0/s1. The number of benzene rings is 1. The molecule has 2 aliphatic heterocycles. The Morgan fingerprint density at radius 1 is 1.24 bits per heavy atom. The van der Waals surface area contributed by atoms with Crippen molar-refractivity contribution in [1.29, 1.82) is 0 Å². The third kappa shape index (κ3) is 7.01. The third-order valence-corrected chi connectivity index (χ3v) is 7.09. The van der Waals surface area contributed by atoms with Gasteiger partial charge in [0.2, 0.25) is 0 Å². The number of hydrogen-bond donors (Lipinski definition) is 2. The Kier molecular flexibility index (Phi) is 9.73. The van der Waals surface area contributed by atoms with E-state index in [1.165, 1.54) is 4.90 Å². The fourth-order valence-corrected chi connectivity index (χ4v) is 4.98. The number of piperazine rings is 1. The molecule has 11 heteroatoms.